The summed E-state index contributed by atoms with van der Waals surface area (Å²) in [7, 11) is 0. The molecule has 4 nitrogen and oxygen atoms in total. The molecule has 0 aliphatic heterocycles. The van der Waals surface area contributed by atoms with E-state index in [0.717, 1.165) is 5.56 Å². The van der Waals surface area contributed by atoms with Gasteiger partial charge in [0.25, 0.3) is 0 Å². The van der Waals surface area contributed by atoms with Gasteiger partial charge < -0.3 is 10.2 Å². The van der Waals surface area contributed by atoms with Crippen LogP contribution in [0.5, 0.6) is 5.75 Å². The van der Waals surface area contributed by atoms with E-state index in [1.165, 1.54) is 18.2 Å². The maximum Gasteiger partial charge on any atom is 0.339 e. The standard InChI is InChI=1S/C16H11BrO4/c17-11-8-12(15(19)13(9-11)16(20)21)14(18)7-6-10-4-2-1-3-5-10/h1-9,19H,(H,20,21). The number of hydrogen-bond donors (Lipinski definition) is 2. The summed E-state index contributed by atoms with van der Waals surface area (Å²) in [4.78, 5) is 23.1. The summed E-state index contributed by atoms with van der Waals surface area (Å²) in [6.07, 6.45) is 2.89. The highest BCUT2D eigenvalue weighted by atomic mass is 79.9. The van der Waals surface area contributed by atoms with Gasteiger partial charge >= 0.3 is 5.97 Å². The number of carboxylic acids is 1. The predicted molar refractivity (Wildman–Crippen MR) is 82.6 cm³/mol. The number of carboxylic acid groups (broad SMARTS) is 1. The minimum atomic E-state index is -1.30. The molecule has 0 heterocycles. The first-order chi connectivity index (χ1) is 9.99. The van der Waals surface area contributed by atoms with Crippen LogP contribution in [-0.4, -0.2) is 22.0 Å². The second kappa shape index (κ2) is 6.37. The van der Waals surface area contributed by atoms with Gasteiger partial charge in [-0.05, 0) is 23.8 Å². The number of aromatic carboxylic acids is 1. The van der Waals surface area contributed by atoms with E-state index in [0.29, 0.717) is 4.47 Å². The second-order valence-corrected chi connectivity index (χ2v) is 5.18. The number of hydrogen-bond acceptors (Lipinski definition) is 3. The molecule has 0 radical (unpaired) electrons. The van der Waals surface area contributed by atoms with Gasteiger partial charge in [-0.1, -0.05) is 52.3 Å². The molecule has 0 atom stereocenters. The van der Waals surface area contributed by atoms with Gasteiger partial charge in [0.15, 0.2) is 5.78 Å². The molecule has 5 heteroatoms. The fourth-order valence-electron chi connectivity index (χ4n) is 1.78. The number of carbonyl (C=O) groups excluding carboxylic acids is 1. The van der Waals surface area contributed by atoms with E-state index < -0.39 is 17.5 Å². The molecule has 0 bridgehead atoms. The quantitative estimate of drug-likeness (QED) is 0.653. The molecule has 0 saturated carbocycles. The van der Waals surface area contributed by atoms with Crippen molar-refractivity contribution in [3.63, 3.8) is 0 Å². The number of allylic oxidation sites excluding steroid dienone is 1. The minimum Gasteiger partial charge on any atom is -0.506 e. The maximum absolute atomic E-state index is 12.1. The Labute approximate surface area is 129 Å². The Morgan fingerprint density at radius 3 is 2.29 bits per heavy atom. The summed E-state index contributed by atoms with van der Waals surface area (Å²) in [6, 6.07) is 11.8. The van der Waals surface area contributed by atoms with Crippen molar-refractivity contribution in [3.05, 3.63) is 69.7 Å². The average molecular weight is 347 g/mol. The highest BCUT2D eigenvalue weighted by molar-refractivity contribution is 9.10. The van der Waals surface area contributed by atoms with E-state index in [-0.39, 0.29) is 11.1 Å². The predicted octanol–water partition coefficient (Wildman–Crippen LogP) is 3.75. The van der Waals surface area contributed by atoms with Gasteiger partial charge in [-0.15, -0.1) is 0 Å². The molecule has 0 aliphatic carbocycles. The Kier molecular flexibility index (Phi) is 4.55. The first-order valence-electron chi connectivity index (χ1n) is 6.02. The zero-order valence-electron chi connectivity index (χ0n) is 10.8. The van der Waals surface area contributed by atoms with Gasteiger partial charge in [0.1, 0.15) is 11.3 Å². The third kappa shape index (κ3) is 3.58. The molecule has 2 rings (SSSR count). The van der Waals surface area contributed by atoms with Gasteiger partial charge in [0, 0.05) is 4.47 Å². The molecule has 0 spiro atoms. The Morgan fingerprint density at radius 2 is 1.67 bits per heavy atom. The van der Waals surface area contributed by atoms with Crippen LogP contribution in [0.1, 0.15) is 26.3 Å². The van der Waals surface area contributed by atoms with Crippen molar-refractivity contribution >= 4 is 33.8 Å². The molecule has 2 aromatic rings. The van der Waals surface area contributed by atoms with Gasteiger partial charge in [-0.2, -0.15) is 0 Å². The van der Waals surface area contributed by atoms with E-state index >= 15 is 0 Å². The van der Waals surface area contributed by atoms with Gasteiger partial charge in [0.2, 0.25) is 0 Å². The molecule has 106 valence electrons. The number of rotatable bonds is 4. The van der Waals surface area contributed by atoms with Crippen LogP contribution in [0.2, 0.25) is 0 Å². The smallest absolute Gasteiger partial charge is 0.339 e. The highest BCUT2D eigenvalue weighted by Gasteiger charge is 2.18. The molecule has 0 aromatic heterocycles. The minimum absolute atomic E-state index is 0.0612. The van der Waals surface area contributed by atoms with Crippen LogP contribution in [0, 0.1) is 0 Å². The monoisotopic (exact) mass is 346 g/mol. The van der Waals surface area contributed by atoms with Crippen LogP contribution >= 0.6 is 15.9 Å². The molecule has 2 aromatic carbocycles. The fourth-order valence-corrected chi connectivity index (χ4v) is 2.23. The normalized spacial score (nSPS) is 10.7. The first-order valence-corrected chi connectivity index (χ1v) is 6.81. The fraction of sp³-hybridized carbons (Fsp3) is 0. The van der Waals surface area contributed by atoms with Crippen LogP contribution < -0.4 is 0 Å². The molecule has 0 saturated heterocycles. The number of carbonyl (C=O) groups is 2. The van der Waals surface area contributed by atoms with Gasteiger partial charge in [-0.3, -0.25) is 4.79 Å². The molecular formula is C16H11BrO4. The topological polar surface area (TPSA) is 74.6 Å². The Morgan fingerprint density at radius 1 is 1.05 bits per heavy atom. The van der Waals surface area contributed by atoms with Gasteiger partial charge in [-0.25, -0.2) is 4.79 Å². The summed E-state index contributed by atoms with van der Waals surface area (Å²) in [5, 5.41) is 18.9. The molecule has 0 unspecified atom stereocenters. The summed E-state index contributed by atoms with van der Waals surface area (Å²) in [5.41, 5.74) is 0.452. The van der Waals surface area contributed by atoms with Crippen molar-refractivity contribution in [1.29, 1.82) is 0 Å². The van der Waals surface area contributed by atoms with Crippen molar-refractivity contribution in [2.75, 3.05) is 0 Å². The zero-order chi connectivity index (χ0) is 15.4. The summed E-state index contributed by atoms with van der Waals surface area (Å²) in [6.45, 7) is 0. The lowest BCUT2D eigenvalue weighted by Crippen LogP contribution is -2.03. The van der Waals surface area contributed by atoms with Gasteiger partial charge in [0.05, 0.1) is 5.56 Å². The zero-order valence-corrected chi connectivity index (χ0v) is 12.4. The SMILES string of the molecule is O=C(O)c1cc(Br)cc(C(=O)C=Cc2ccccc2)c1O. The first kappa shape index (κ1) is 15.0. The lowest BCUT2D eigenvalue weighted by molar-refractivity contribution is 0.0693. The molecule has 21 heavy (non-hydrogen) atoms. The summed E-state index contributed by atoms with van der Waals surface area (Å²) >= 11 is 3.13. The lowest BCUT2D eigenvalue weighted by atomic mass is 10.0. The number of aromatic hydroxyl groups is 1. The maximum atomic E-state index is 12.1. The van der Waals surface area contributed by atoms with Crippen molar-refractivity contribution < 1.29 is 19.8 Å². The van der Waals surface area contributed by atoms with Crippen molar-refractivity contribution in [2.45, 2.75) is 0 Å². The Bertz CT molecular complexity index is 721. The van der Waals surface area contributed by atoms with Crippen molar-refractivity contribution in [3.8, 4) is 5.75 Å². The third-order valence-corrected chi connectivity index (χ3v) is 3.26. The molecule has 0 fully saturated rings. The number of phenols is 1. The van der Waals surface area contributed by atoms with Crippen LogP contribution in [0.15, 0.2) is 53.0 Å². The van der Waals surface area contributed by atoms with Crippen LogP contribution in [0.3, 0.4) is 0 Å². The van der Waals surface area contributed by atoms with Crippen molar-refractivity contribution in [2.24, 2.45) is 0 Å². The van der Waals surface area contributed by atoms with E-state index in [9.17, 15) is 14.7 Å². The summed E-state index contributed by atoms with van der Waals surface area (Å²) in [5.74, 6) is -2.30. The number of halogens is 1. The van der Waals surface area contributed by atoms with E-state index in [2.05, 4.69) is 15.9 Å². The van der Waals surface area contributed by atoms with Crippen LogP contribution in [0.25, 0.3) is 6.08 Å². The molecule has 0 aliphatic rings. The largest absolute Gasteiger partial charge is 0.506 e. The van der Waals surface area contributed by atoms with E-state index in [1.54, 1.807) is 6.08 Å². The van der Waals surface area contributed by atoms with Crippen LogP contribution in [0.4, 0.5) is 0 Å². The van der Waals surface area contributed by atoms with Crippen molar-refractivity contribution in [1.82, 2.24) is 0 Å². The highest BCUT2D eigenvalue weighted by Crippen LogP contribution is 2.28. The lowest BCUT2D eigenvalue weighted by Gasteiger charge is -2.05. The van der Waals surface area contributed by atoms with E-state index in [1.807, 2.05) is 30.3 Å². The average Bonchev–Trinajstić information content (AvgIpc) is 2.47. The number of ketones is 1. The number of benzene rings is 2. The summed E-state index contributed by atoms with van der Waals surface area (Å²) < 4.78 is 0.411. The molecule has 2 N–H and O–H groups in total. The van der Waals surface area contributed by atoms with E-state index in [4.69, 9.17) is 5.11 Å². The Hall–Kier alpha value is -2.40. The Balaban J connectivity index is 2.36. The van der Waals surface area contributed by atoms with Crippen LogP contribution in [-0.2, 0) is 0 Å². The molecular weight excluding hydrogens is 336 g/mol. The third-order valence-electron chi connectivity index (χ3n) is 2.80. The molecule has 0 amide bonds. The second-order valence-electron chi connectivity index (χ2n) is 4.26.